The number of hydrogen-bond donors (Lipinski definition) is 1. The summed E-state index contributed by atoms with van der Waals surface area (Å²) in [6.07, 6.45) is 0.283. The Hall–Kier alpha value is 0.570. The fourth-order valence-corrected chi connectivity index (χ4v) is 1.62. The van der Waals surface area contributed by atoms with Crippen LogP contribution in [-0.2, 0) is 0 Å². The molecule has 0 amide bonds. The van der Waals surface area contributed by atoms with E-state index in [2.05, 4.69) is 0 Å². The van der Waals surface area contributed by atoms with Crippen LogP contribution >= 0.6 is 34.8 Å². The van der Waals surface area contributed by atoms with E-state index in [-0.39, 0.29) is 17.7 Å². The molecule has 0 aliphatic heterocycles. The minimum Gasteiger partial charge on any atom is -0.388 e. The highest BCUT2D eigenvalue weighted by Gasteiger charge is 2.39. The molecule has 0 aliphatic rings. The predicted molar refractivity (Wildman–Crippen MR) is 59.5 cm³/mol. The molecule has 4 heteroatoms. The Labute approximate surface area is 94.7 Å². The molecule has 13 heavy (non-hydrogen) atoms. The van der Waals surface area contributed by atoms with Gasteiger partial charge in [-0.05, 0) is 5.41 Å². The zero-order chi connectivity index (χ0) is 10.7. The molecule has 0 heterocycles. The number of alkyl halides is 1. The third-order valence-electron chi connectivity index (χ3n) is 2.20. The van der Waals surface area contributed by atoms with Crippen molar-refractivity contribution in [2.24, 2.45) is 5.41 Å². The molecule has 0 saturated heterocycles. The second kappa shape index (κ2) is 4.88. The van der Waals surface area contributed by atoms with Gasteiger partial charge in [0.15, 0.2) is 0 Å². The Morgan fingerprint density at radius 3 is 2.08 bits per heavy atom. The lowest BCUT2D eigenvalue weighted by Crippen LogP contribution is -2.44. The number of rotatable bonds is 3. The fourth-order valence-electron chi connectivity index (χ4n) is 0.831. The molecule has 0 radical (unpaired) electrons. The van der Waals surface area contributed by atoms with Gasteiger partial charge in [0.05, 0.1) is 11.5 Å². The average Bonchev–Trinajstić information content (AvgIpc) is 2.02. The van der Waals surface area contributed by atoms with Gasteiger partial charge in [-0.1, -0.05) is 44.0 Å². The van der Waals surface area contributed by atoms with E-state index < -0.39 is 5.60 Å². The summed E-state index contributed by atoms with van der Waals surface area (Å²) >= 11 is 16.9. The molecule has 0 aromatic carbocycles. The summed E-state index contributed by atoms with van der Waals surface area (Å²) in [5.74, 6) is 0.136. The molecular formula is C9H15Cl3O. The van der Waals surface area contributed by atoms with Crippen LogP contribution in [0.15, 0.2) is 10.6 Å². The fraction of sp³-hybridized carbons (Fsp3) is 0.778. The van der Waals surface area contributed by atoms with Gasteiger partial charge in [-0.2, -0.15) is 0 Å². The van der Waals surface area contributed by atoms with Crippen molar-refractivity contribution in [3.8, 4) is 0 Å². The summed E-state index contributed by atoms with van der Waals surface area (Å²) in [4.78, 5) is 0. The first-order valence-electron chi connectivity index (χ1n) is 4.00. The molecule has 0 saturated carbocycles. The van der Waals surface area contributed by atoms with Gasteiger partial charge in [-0.3, -0.25) is 0 Å². The zero-order valence-corrected chi connectivity index (χ0v) is 10.3. The Morgan fingerprint density at radius 1 is 1.38 bits per heavy atom. The van der Waals surface area contributed by atoms with Crippen LogP contribution in [0, 0.1) is 5.41 Å². The first-order chi connectivity index (χ1) is 5.77. The van der Waals surface area contributed by atoms with Crippen LogP contribution in [0.4, 0.5) is 0 Å². The lowest BCUT2D eigenvalue weighted by Gasteiger charge is -2.38. The largest absolute Gasteiger partial charge is 0.388 e. The van der Waals surface area contributed by atoms with Crippen molar-refractivity contribution < 1.29 is 5.11 Å². The number of hydrogen-bond acceptors (Lipinski definition) is 1. The van der Waals surface area contributed by atoms with Gasteiger partial charge in [0.2, 0.25) is 0 Å². The Balaban J connectivity index is 4.66. The first-order valence-corrected chi connectivity index (χ1v) is 5.35. The number of aliphatic hydroxyl groups is 1. The van der Waals surface area contributed by atoms with Crippen LogP contribution in [0.2, 0.25) is 0 Å². The third-order valence-corrected chi connectivity index (χ3v) is 3.26. The van der Waals surface area contributed by atoms with E-state index in [9.17, 15) is 5.11 Å². The van der Waals surface area contributed by atoms with Crippen molar-refractivity contribution in [2.45, 2.75) is 32.8 Å². The molecule has 1 N–H and O–H groups in total. The summed E-state index contributed by atoms with van der Waals surface area (Å²) in [5, 5.41) is 10.6. The molecule has 0 spiro atoms. The highest BCUT2D eigenvalue weighted by atomic mass is 35.5. The van der Waals surface area contributed by atoms with Crippen LogP contribution < -0.4 is 0 Å². The normalized spacial score (nSPS) is 18.5. The number of halogens is 3. The van der Waals surface area contributed by atoms with E-state index in [4.69, 9.17) is 34.8 Å². The summed E-state index contributed by atoms with van der Waals surface area (Å²) in [7, 11) is 0. The van der Waals surface area contributed by atoms with E-state index in [1.54, 1.807) is 0 Å². The first kappa shape index (κ1) is 13.6. The molecule has 0 aliphatic carbocycles. The Bertz CT molecular complexity index is 196. The van der Waals surface area contributed by atoms with Gasteiger partial charge in [0, 0.05) is 17.0 Å². The van der Waals surface area contributed by atoms with Gasteiger partial charge in [0.1, 0.15) is 0 Å². The van der Waals surface area contributed by atoms with Crippen LogP contribution in [0.5, 0.6) is 0 Å². The van der Waals surface area contributed by atoms with Crippen LogP contribution in [0.3, 0.4) is 0 Å². The zero-order valence-electron chi connectivity index (χ0n) is 8.07. The van der Waals surface area contributed by atoms with Crippen LogP contribution in [0.25, 0.3) is 0 Å². The average molecular weight is 246 g/mol. The maximum atomic E-state index is 10.1. The molecule has 78 valence electrons. The molecule has 0 fully saturated rings. The van der Waals surface area contributed by atoms with Crippen LogP contribution in [-0.4, -0.2) is 16.6 Å². The van der Waals surface area contributed by atoms with Gasteiger partial charge in [-0.15, -0.1) is 11.6 Å². The monoisotopic (exact) mass is 244 g/mol. The maximum absolute atomic E-state index is 10.1. The molecule has 1 unspecified atom stereocenters. The van der Waals surface area contributed by atoms with Gasteiger partial charge >= 0.3 is 0 Å². The lowest BCUT2D eigenvalue weighted by molar-refractivity contribution is -0.0357. The molecule has 0 bridgehead atoms. The van der Waals surface area contributed by atoms with Crippen molar-refractivity contribution in [1.29, 1.82) is 0 Å². The second-order valence-electron chi connectivity index (χ2n) is 4.15. The standard InChI is InChI=1S/C9H15Cl3O/c1-8(2,3)9(13,6-11)4-7(12)5-10/h5,13H,4,6H2,1-3H3/b7-5-. The van der Waals surface area contributed by atoms with Crippen molar-refractivity contribution >= 4 is 34.8 Å². The van der Waals surface area contributed by atoms with E-state index in [0.29, 0.717) is 5.03 Å². The summed E-state index contributed by atoms with van der Waals surface area (Å²) in [5.41, 5.74) is -0.0867. The highest BCUT2D eigenvalue weighted by Crippen LogP contribution is 2.37. The smallest absolute Gasteiger partial charge is 0.0879 e. The third kappa shape index (κ3) is 3.67. The molecule has 0 aromatic rings. The summed E-state index contributed by atoms with van der Waals surface area (Å²) < 4.78 is 0. The summed E-state index contributed by atoms with van der Waals surface area (Å²) in [6.45, 7) is 5.73. The van der Waals surface area contributed by atoms with E-state index in [1.165, 1.54) is 5.54 Å². The van der Waals surface area contributed by atoms with Gasteiger partial charge in [0.25, 0.3) is 0 Å². The second-order valence-corrected chi connectivity index (χ2v) is 5.12. The van der Waals surface area contributed by atoms with E-state index in [1.807, 2.05) is 20.8 Å². The molecule has 1 nitrogen and oxygen atoms in total. The van der Waals surface area contributed by atoms with E-state index in [0.717, 1.165) is 0 Å². The van der Waals surface area contributed by atoms with Crippen molar-refractivity contribution in [1.82, 2.24) is 0 Å². The minimum atomic E-state index is -1.02. The predicted octanol–water partition coefficient (Wildman–Crippen LogP) is 3.71. The SMILES string of the molecule is CC(C)(C)C(O)(CCl)C/C(Cl)=C/Cl. The Morgan fingerprint density at radius 2 is 1.85 bits per heavy atom. The molecule has 0 aromatic heterocycles. The quantitative estimate of drug-likeness (QED) is 0.752. The Kier molecular flexibility index (Phi) is 5.09. The van der Waals surface area contributed by atoms with E-state index >= 15 is 0 Å². The maximum Gasteiger partial charge on any atom is 0.0879 e. The summed E-state index contributed by atoms with van der Waals surface area (Å²) in [6, 6.07) is 0. The van der Waals surface area contributed by atoms with Gasteiger partial charge in [-0.25, -0.2) is 0 Å². The van der Waals surface area contributed by atoms with Crippen molar-refractivity contribution in [3.05, 3.63) is 10.6 Å². The van der Waals surface area contributed by atoms with Gasteiger partial charge < -0.3 is 5.11 Å². The molecule has 0 rings (SSSR count). The topological polar surface area (TPSA) is 20.2 Å². The highest BCUT2D eigenvalue weighted by molar-refractivity contribution is 6.36. The molecular weight excluding hydrogens is 230 g/mol. The van der Waals surface area contributed by atoms with Crippen molar-refractivity contribution in [2.75, 3.05) is 5.88 Å². The van der Waals surface area contributed by atoms with Crippen molar-refractivity contribution in [3.63, 3.8) is 0 Å². The minimum absolute atomic E-state index is 0.136. The lowest BCUT2D eigenvalue weighted by atomic mass is 9.75. The van der Waals surface area contributed by atoms with Crippen LogP contribution in [0.1, 0.15) is 27.2 Å². The molecule has 1 atom stereocenters.